The minimum absolute atomic E-state index is 0.138. The van der Waals surface area contributed by atoms with Gasteiger partial charge >= 0.3 is 0 Å². The van der Waals surface area contributed by atoms with Crippen molar-refractivity contribution in [2.24, 2.45) is 0 Å². The summed E-state index contributed by atoms with van der Waals surface area (Å²) < 4.78 is 0. The van der Waals surface area contributed by atoms with E-state index in [1.54, 1.807) is 4.90 Å². The van der Waals surface area contributed by atoms with E-state index in [0.29, 0.717) is 12.1 Å². The molecule has 1 atom stereocenters. The molecule has 2 heterocycles. The topological polar surface area (TPSA) is 69.2 Å². The highest BCUT2D eigenvalue weighted by Gasteiger charge is 2.23. The molecule has 0 saturated heterocycles. The number of nitrogens with zero attached hydrogens (tertiary/aromatic N) is 2. The zero-order valence-corrected chi connectivity index (χ0v) is 14.2. The van der Waals surface area contributed by atoms with Gasteiger partial charge in [-0.3, -0.25) is 9.89 Å². The normalized spacial score (nSPS) is 12.1. The third-order valence-electron chi connectivity index (χ3n) is 3.83. The van der Waals surface area contributed by atoms with E-state index in [-0.39, 0.29) is 12.5 Å². The number of aromatic amines is 1. The van der Waals surface area contributed by atoms with Crippen LogP contribution in [0.5, 0.6) is 0 Å². The van der Waals surface area contributed by atoms with E-state index in [2.05, 4.69) is 10.2 Å². The smallest absolute Gasteiger partial charge is 0.257 e. The van der Waals surface area contributed by atoms with E-state index < -0.39 is 6.10 Å². The molecule has 0 bridgehead atoms. The molecule has 5 nitrogen and oxygen atoms in total. The molecule has 2 N–H and O–H groups in total. The second-order valence-electron chi connectivity index (χ2n) is 5.61. The van der Waals surface area contributed by atoms with E-state index in [9.17, 15) is 9.90 Å². The Hall–Kier alpha value is -2.44. The fourth-order valence-corrected chi connectivity index (χ4v) is 3.24. The summed E-state index contributed by atoms with van der Waals surface area (Å²) in [5.41, 5.74) is 2.28. The third-order valence-corrected chi connectivity index (χ3v) is 4.80. The molecule has 0 fully saturated rings. The molecule has 0 radical (unpaired) electrons. The van der Waals surface area contributed by atoms with Crippen LogP contribution in [-0.4, -0.2) is 32.7 Å². The molecule has 3 rings (SSSR count). The molecule has 124 valence electrons. The van der Waals surface area contributed by atoms with Crippen molar-refractivity contribution in [2.75, 3.05) is 6.54 Å². The third kappa shape index (κ3) is 3.72. The highest BCUT2D eigenvalue weighted by Crippen LogP contribution is 2.22. The minimum Gasteiger partial charge on any atom is -0.386 e. The monoisotopic (exact) mass is 341 g/mol. The second kappa shape index (κ2) is 7.42. The SMILES string of the molecule is Cc1[nH]ncc1C(=O)N(Cc1ccccc1)C[C@H](O)c1cccs1. The molecule has 2 aromatic heterocycles. The Labute approximate surface area is 144 Å². The zero-order chi connectivity index (χ0) is 16.9. The van der Waals surface area contributed by atoms with E-state index in [0.717, 1.165) is 16.1 Å². The van der Waals surface area contributed by atoms with Crippen LogP contribution in [0, 0.1) is 6.92 Å². The first-order valence-corrected chi connectivity index (χ1v) is 8.57. The van der Waals surface area contributed by atoms with Gasteiger partial charge in [0.25, 0.3) is 5.91 Å². The largest absolute Gasteiger partial charge is 0.386 e. The van der Waals surface area contributed by atoms with Crippen LogP contribution < -0.4 is 0 Å². The van der Waals surface area contributed by atoms with Gasteiger partial charge in [-0.1, -0.05) is 36.4 Å². The van der Waals surface area contributed by atoms with Gasteiger partial charge in [-0.2, -0.15) is 5.10 Å². The van der Waals surface area contributed by atoms with Crippen LogP contribution in [0.25, 0.3) is 0 Å². The number of hydrogen-bond donors (Lipinski definition) is 2. The highest BCUT2D eigenvalue weighted by molar-refractivity contribution is 7.10. The first kappa shape index (κ1) is 16.4. The minimum atomic E-state index is -0.704. The maximum Gasteiger partial charge on any atom is 0.257 e. The standard InChI is InChI=1S/C18H19N3O2S/c1-13-15(10-19-20-13)18(23)21(11-14-6-3-2-4-7-14)12-16(22)17-8-5-9-24-17/h2-10,16,22H,11-12H2,1H3,(H,19,20)/t16-/m0/s1. The summed E-state index contributed by atoms with van der Waals surface area (Å²) in [5.74, 6) is -0.138. The Bertz CT molecular complexity index is 784. The molecule has 1 amide bonds. The van der Waals surface area contributed by atoms with E-state index >= 15 is 0 Å². The molecule has 0 aliphatic rings. The lowest BCUT2D eigenvalue weighted by atomic mass is 10.1. The number of aromatic nitrogens is 2. The number of benzene rings is 1. The Morgan fingerprint density at radius 3 is 2.71 bits per heavy atom. The number of aliphatic hydroxyl groups excluding tert-OH is 1. The van der Waals surface area contributed by atoms with Crippen LogP contribution in [-0.2, 0) is 6.54 Å². The molecule has 0 aliphatic carbocycles. The van der Waals surface area contributed by atoms with Crippen molar-refractivity contribution in [1.29, 1.82) is 0 Å². The van der Waals surface area contributed by atoms with Crippen LogP contribution in [0.15, 0.2) is 54.0 Å². The Morgan fingerprint density at radius 1 is 1.29 bits per heavy atom. The van der Waals surface area contributed by atoms with Crippen molar-refractivity contribution >= 4 is 17.2 Å². The molecule has 1 aromatic carbocycles. The van der Waals surface area contributed by atoms with Crippen molar-refractivity contribution in [1.82, 2.24) is 15.1 Å². The van der Waals surface area contributed by atoms with Gasteiger partial charge in [0.15, 0.2) is 0 Å². The van der Waals surface area contributed by atoms with E-state index in [1.807, 2.05) is 54.8 Å². The molecule has 0 spiro atoms. The molecule has 0 saturated carbocycles. The van der Waals surface area contributed by atoms with Crippen LogP contribution in [0.2, 0.25) is 0 Å². The van der Waals surface area contributed by atoms with Crippen molar-refractivity contribution < 1.29 is 9.90 Å². The highest BCUT2D eigenvalue weighted by atomic mass is 32.1. The predicted molar refractivity (Wildman–Crippen MR) is 93.8 cm³/mol. The van der Waals surface area contributed by atoms with Gasteiger partial charge < -0.3 is 10.0 Å². The Balaban J connectivity index is 1.83. The predicted octanol–water partition coefficient (Wildman–Crippen LogP) is 3.16. The van der Waals surface area contributed by atoms with Crippen molar-refractivity contribution in [3.63, 3.8) is 0 Å². The molecular formula is C18H19N3O2S. The molecule has 0 aliphatic heterocycles. The van der Waals surface area contributed by atoms with Crippen LogP contribution in [0.1, 0.15) is 32.6 Å². The molecular weight excluding hydrogens is 322 g/mol. The summed E-state index contributed by atoms with van der Waals surface area (Å²) in [7, 11) is 0. The number of H-pyrrole nitrogens is 1. The lowest BCUT2D eigenvalue weighted by molar-refractivity contribution is 0.0608. The van der Waals surface area contributed by atoms with Gasteiger partial charge in [0.05, 0.1) is 18.3 Å². The van der Waals surface area contributed by atoms with E-state index in [1.165, 1.54) is 17.5 Å². The Morgan fingerprint density at radius 2 is 2.08 bits per heavy atom. The van der Waals surface area contributed by atoms with Gasteiger partial charge in [-0.25, -0.2) is 0 Å². The fraction of sp³-hybridized carbons (Fsp3) is 0.222. The quantitative estimate of drug-likeness (QED) is 0.723. The van der Waals surface area contributed by atoms with Crippen LogP contribution >= 0.6 is 11.3 Å². The van der Waals surface area contributed by atoms with Gasteiger partial charge in [0, 0.05) is 17.1 Å². The van der Waals surface area contributed by atoms with Crippen molar-refractivity contribution in [3.05, 3.63) is 75.7 Å². The number of amides is 1. The van der Waals surface area contributed by atoms with Crippen LogP contribution in [0.3, 0.4) is 0 Å². The summed E-state index contributed by atoms with van der Waals surface area (Å²) in [6.07, 6.45) is 0.831. The first-order valence-electron chi connectivity index (χ1n) is 7.70. The maximum atomic E-state index is 12.9. The average Bonchev–Trinajstić information content (AvgIpc) is 3.26. The van der Waals surface area contributed by atoms with Gasteiger partial charge in [-0.15, -0.1) is 11.3 Å². The van der Waals surface area contributed by atoms with Gasteiger partial charge in [0.2, 0.25) is 0 Å². The number of rotatable bonds is 6. The first-order chi connectivity index (χ1) is 11.6. The molecule has 0 unspecified atom stereocenters. The molecule has 6 heteroatoms. The summed E-state index contributed by atoms with van der Waals surface area (Å²) in [6, 6.07) is 13.5. The molecule has 24 heavy (non-hydrogen) atoms. The number of thiophene rings is 1. The summed E-state index contributed by atoms with van der Waals surface area (Å²) in [6.45, 7) is 2.49. The molecule has 3 aromatic rings. The summed E-state index contributed by atoms with van der Waals surface area (Å²) >= 11 is 1.49. The Kier molecular flexibility index (Phi) is 5.08. The lowest BCUT2D eigenvalue weighted by Gasteiger charge is -2.25. The number of nitrogens with one attached hydrogen (secondary N) is 1. The lowest BCUT2D eigenvalue weighted by Crippen LogP contribution is -2.34. The number of aryl methyl sites for hydroxylation is 1. The summed E-state index contributed by atoms with van der Waals surface area (Å²) in [5, 5.41) is 19.1. The number of aliphatic hydroxyl groups is 1. The van der Waals surface area contributed by atoms with E-state index in [4.69, 9.17) is 0 Å². The number of hydrogen-bond acceptors (Lipinski definition) is 4. The fourth-order valence-electron chi connectivity index (χ4n) is 2.54. The number of carbonyl (C=O) groups excluding carboxylic acids is 1. The zero-order valence-electron chi connectivity index (χ0n) is 13.3. The summed E-state index contributed by atoms with van der Waals surface area (Å²) in [4.78, 5) is 15.4. The maximum absolute atomic E-state index is 12.9. The van der Waals surface area contributed by atoms with Crippen LogP contribution in [0.4, 0.5) is 0 Å². The van der Waals surface area contributed by atoms with Crippen molar-refractivity contribution in [2.45, 2.75) is 19.6 Å². The second-order valence-corrected chi connectivity index (χ2v) is 6.59. The van der Waals surface area contributed by atoms with Gasteiger partial charge in [0.1, 0.15) is 6.10 Å². The van der Waals surface area contributed by atoms with Gasteiger partial charge in [-0.05, 0) is 23.9 Å². The van der Waals surface area contributed by atoms with Crippen molar-refractivity contribution in [3.8, 4) is 0 Å². The average molecular weight is 341 g/mol. The number of carbonyl (C=O) groups is 1.